The molecular formula is C12H19NO2. The quantitative estimate of drug-likeness (QED) is 0.698. The minimum Gasteiger partial charge on any atom is -0.468 e. The van der Waals surface area contributed by atoms with Crippen molar-refractivity contribution in [3.8, 4) is 0 Å². The number of rotatable bonds is 7. The third-order valence-corrected chi connectivity index (χ3v) is 2.73. The van der Waals surface area contributed by atoms with Crippen LogP contribution in [0.5, 0.6) is 0 Å². The van der Waals surface area contributed by atoms with Crippen LogP contribution in [-0.2, 0) is 11.3 Å². The van der Waals surface area contributed by atoms with E-state index in [1.54, 1.807) is 6.26 Å². The lowest BCUT2D eigenvalue weighted by Crippen LogP contribution is -2.19. The molecule has 2 rings (SSSR count). The van der Waals surface area contributed by atoms with E-state index in [-0.39, 0.29) is 0 Å². The monoisotopic (exact) mass is 209 g/mol. The second-order valence-corrected chi connectivity index (χ2v) is 4.22. The molecule has 1 saturated carbocycles. The fraction of sp³-hybridized carbons (Fsp3) is 0.667. The molecule has 0 amide bonds. The summed E-state index contributed by atoms with van der Waals surface area (Å²) in [4.78, 5) is 0. The van der Waals surface area contributed by atoms with Gasteiger partial charge in [-0.25, -0.2) is 0 Å². The van der Waals surface area contributed by atoms with Gasteiger partial charge in [0.2, 0.25) is 0 Å². The van der Waals surface area contributed by atoms with E-state index in [1.807, 2.05) is 6.07 Å². The van der Waals surface area contributed by atoms with E-state index in [0.29, 0.717) is 0 Å². The zero-order chi connectivity index (χ0) is 10.5. The summed E-state index contributed by atoms with van der Waals surface area (Å²) in [5, 5.41) is 3.30. The lowest BCUT2D eigenvalue weighted by molar-refractivity contribution is 0.125. The molecule has 1 aromatic heterocycles. The molecule has 0 saturated heterocycles. The molecule has 1 fully saturated rings. The number of hydrogen-bond donors (Lipinski definition) is 1. The number of furan rings is 1. The van der Waals surface area contributed by atoms with Crippen LogP contribution in [0.25, 0.3) is 0 Å². The van der Waals surface area contributed by atoms with Gasteiger partial charge in [-0.15, -0.1) is 0 Å². The molecule has 15 heavy (non-hydrogen) atoms. The second-order valence-electron chi connectivity index (χ2n) is 4.22. The molecular weight excluding hydrogens is 190 g/mol. The van der Waals surface area contributed by atoms with Crippen molar-refractivity contribution in [2.45, 2.75) is 26.3 Å². The summed E-state index contributed by atoms with van der Waals surface area (Å²) >= 11 is 0. The number of hydrogen-bond acceptors (Lipinski definition) is 3. The number of nitrogens with one attached hydrogen (secondary N) is 1. The Kier molecular flexibility index (Phi) is 3.80. The average Bonchev–Trinajstić information content (AvgIpc) is 2.96. The van der Waals surface area contributed by atoms with E-state index in [9.17, 15) is 0 Å². The van der Waals surface area contributed by atoms with E-state index in [2.05, 4.69) is 12.2 Å². The Balaban J connectivity index is 1.49. The Morgan fingerprint density at radius 1 is 1.53 bits per heavy atom. The molecule has 1 aliphatic carbocycles. The standard InChI is InChI=1S/C12H19NO2/c1-10-4-6-15-12(10)8-13-5-7-14-9-11-2-3-11/h4,6,11,13H,2-3,5,7-9H2,1H3. The molecule has 1 aliphatic rings. The van der Waals surface area contributed by atoms with Crippen LogP contribution < -0.4 is 5.32 Å². The summed E-state index contributed by atoms with van der Waals surface area (Å²) in [6, 6.07) is 1.99. The summed E-state index contributed by atoms with van der Waals surface area (Å²) < 4.78 is 10.8. The van der Waals surface area contributed by atoms with Crippen molar-refractivity contribution < 1.29 is 9.15 Å². The molecule has 1 aromatic rings. The predicted molar refractivity (Wildman–Crippen MR) is 58.7 cm³/mol. The second kappa shape index (κ2) is 5.33. The highest BCUT2D eigenvalue weighted by Crippen LogP contribution is 2.28. The van der Waals surface area contributed by atoms with Gasteiger partial charge in [-0.2, -0.15) is 0 Å². The van der Waals surface area contributed by atoms with Gasteiger partial charge in [-0.1, -0.05) is 0 Å². The molecule has 3 heteroatoms. The van der Waals surface area contributed by atoms with Gasteiger partial charge in [0, 0.05) is 13.2 Å². The van der Waals surface area contributed by atoms with Crippen LogP contribution in [-0.4, -0.2) is 19.8 Å². The minimum absolute atomic E-state index is 0.797. The van der Waals surface area contributed by atoms with Gasteiger partial charge in [0.25, 0.3) is 0 Å². The predicted octanol–water partition coefficient (Wildman–Crippen LogP) is 2.10. The van der Waals surface area contributed by atoms with E-state index in [0.717, 1.165) is 38.0 Å². The Labute approximate surface area is 90.8 Å². The Bertz CT molecular complexity index is 292. The third-order valence-electron chi connectivity index (χ3n) is 2.73. The van der Waals surface area contributed by atoms with Crippen molar-refractivity contribution in [2.75, 3.05) is 19.8 Å². The van der Waals surface area contributed by atoms with E-state index >= 15 is 0 Å². The first-order valence-electron chi connectivity index (χ1n) is 5.67. The summed E-state index contributed by atoms with van der Waals surface area (Å²) in [5.74, 6) is 1.88. The van der Waals surface area contributed by atoms with Gasteiger partial charge < -0.3 is 14.5 Å². The summed E-state index contributed by atoms with van der Waals surface area (Å²) in [6.45, 7) is 5.50. The van der Waals surface area contributed by atoms with Crippen LogP contribution in [0.3, 0.4) is 0 Å². The van der Waals surface area contributed by atoms with Gasteiger partial charge in [-0.3, -0.25) is 0 Å². The van der Waals surface area contributed by atoms with Crippen LogP contribution in [0.1, 0.15) is 24.2 Å². The van der Waals surface area contributed by atoms with Crippen LogP contribution in [0.15, 0.2) is 16.7 Å². The molecule has 1 N–H and O–H groups in total. The maximum absolute atomic E-state index is 5.51. The third kappa shape index (κ3) is 3.68. The Hall–Kier alpha value is -0.800. The molecule has 0 aliphatic heterocycles. The first-order chi connectivity index (χ1) is 7.36. The van der Waals surface area contributed by atoms with Gasteiger partial charge in [0.1, 0.15) is 5.76 Å². The smallest absolute Gasteiger partial charge is 0.120 e. The first kappa shape index (κ1) is 10.7. The Morgan fingerprint density at radius 3 is 3.07 bits per heavy atom. The molecule has 84 valence electrons. The van der Waals surface area contributed by atoms with E-state index in [4.69, 9.17) is 9.15 Å². The Morgan fingerprint density at radius 2 is 2.40 bits per heavy atom. The fourth-order valence-corrected chi connectivity index (χ4v) is 1.47. The van der Waals surface area contributed by atoms with E-state index < -0.39 is 0 Å². The van der Waals surface area contributed by atoms with Crippen molar-refractivity contribution in [3.05, 3.63) is 23.7 Å². The van der Waals surface area contributed by atoms with Gasteiger partial charge in [0.15, 0.2) is 0 Å². The zero-order valence-electron chi connectivity index (χ0n) is 9.29. The lowest BCUT2D eigenvalue weighted by atomic mass is 10.3. The van der Waals surface area contributed by atoms with Crippen LogP contribution in [0, 0.1) is 12.8 Å². The summed E-state index contributed by atoms with van der Waals surface area (Å²) in [7, 11) is 0. The first-order valence-corrected chi connectivity index (χ1v) is 5.67. The van der Waals surface area contributed by atoms with Crippen LogP contribution in [0.2, 0.25) is 0 Å². The van der Waals surface area contributed by atoms with Crippen LogP contribution in [0.4, 0.5) is 0 Å². The van der Waals surface area contributed by atoms with E-state index in [1.165, 1.54) is 18.4 Å². The molecule has 0 aromatic carbocycles. The minimum atomic E-state index is 0.797. The van der Waals surface area contributed by atoms with Crippen molar-refractivity contribution >= 4 is 0 Å². The number of ether oxygens (including phenoxy) is 1. The highest BCUT2D eigenvalue weighted by Gasteiger charge is 2.20. The molecule has 1 heterocycles. The molecule has 0 spiro atoms. The average molecular weight is 209 g/mol. The molecule has 0 bridgehead atoms. The molecule has 0 unspecified atom stereocenters. The molecule has 0 radical (unpaired) electrons. The van der Waals surface area contributed by atoms with Gasteiger partial charge in [0.05, 0.1) is 19.4 Å². The van der Waals surface area contributed by atoms with Gasteiger partial charge in [-0.05, 0) is 37.3 Å². The highest BCUT2D eigenvalue weighted by atomic mass is 16.5. The normalized spacial score (nSPS) is 15.8. The van der Waals surface area contributed by atoms with Crippen molar-refractivity contribution in [2.24, 2.45) is 5.92 Å². The largest absolute Gasteiger partial charge is 0.468 e. The topological polar surface area (TPSA) is 34.4 Å². The lowest BCUT2D eigenvalue weighted by Gasteiger charge is -2.04. The summed E-state index contributed by atoms with van der Waals surface area (Å²) in [5.41, 5.74) is 1.21. The van der Waals surface area contributed by atoms with Gasteiger partial charge >= 0.3 is 0 Å². The van der Waals surface area contributed by atoms with Crippen molar-refractivity contribution in [3.63, 3.8) is 0 Å². The van der Waals surface area contributed by atoms with Crippen molar-refractivity contribution in [1.29, 1.82) is 0 Å². The fourth-order valence-electron chi connectivity index (χ4n) is 1.47. The number of aryl methyl sites for hydroxylation is 1. The zero-order valence-corrected chi connectivity index (χ0v) is 9.29. The highest BCUT2D eigenvalue weighted by molar-refractivity contribution is 5.13. The molecule has 0 atom stereocenters. The van der Waals surface area contributed by atoms with Crippen LogP contribution >= 0.6 is 0 Å². The maximum atomic E-state index is 5.51. The molecule has 3 nitrogen and oxygen atoms in total. The summed E-state index contributed by atoms with van der Waals surface area (Å²) in [6.07, 6.45) is 4.45. The maximum Gasteiger partial charge on any atom is 0.120 e. The van der Waals surface area contributed by atoms with Crippen molar-refractivity contribution in [1.82, 2.24) is 5.32 Å². The SMILES string of the molecule is Cc1ccoc1CNCCOCC1CC1.